The lowest BCUT2D eigenvalue weighted by Gasteiger charge is -2.35. The number of para-hydroxylation sites is 1. The summed E-state index contributed by atoms with van der Waals surface area (Å²) in [5.41, 5.74) is 5.11. The third-order valence-electron chi connectivity index (χ3n) is 5.65. The van der Waals surface area contributed by atoms with Crippen molar-refractivity contribution in [3.63, 3.8) is 0 Å². The Balaban J connectivity index is 1.64. The standard InChI is InChI=1S/C24H21N3O2S/c1-14-6-5-9-19(25-14)23-22-17(16-7-3-4-8-18(16)26-22)12-13-27(23)24(29)21-11-10-20(30-21)15(2)28/h3-11,23,26H,12-13H2,1-2H3/t23-/m1/s1. The first-order valence-electron chi connectivity index (χ1n) is 9.97. The van der Waals surface area contributed by atoms with Gasteiger partial charge in [0.2, 0.25) is 0 Å². The van der Waals surface area contributed by atoms with Gasteiger partial charge in [-0.05, 0) is 56.2 Å². The second-order valence-corrected chi connectivity index (χ2v) is 8.72. The number of ketones is 1. The van der Waals surface area contributed by atoms with Gasteiger partial charge in [0, 0.05) is 28.8 Å². The van der Waals surface area contributed by atoms with Gasteiger partial charge in [0.25, 0.3) is 5.91 Å². The number of aromatic amines is 1. The van der Waals surface area contributed by atoms with Gasteiger partial charge >= 0.3 is 0 Å². The number of rotatable bonds is 3. The number of aromatic nitrogens is 2. The van der Waals surface area contributed by atoms with Gasteiger partial charge in [-0.2, -0.15) is 0 Å². The van der Waals surface area contributed by atoms with Crippen LogP contribution in [0.3, 0.4) is 0 Å². The van der Waals surface area contributed by atoms with Crippen molar-refractivity contribution in [2.45, 2.75) is 26.3 Å². The SMILES string of the molecule is CC(=O)c1ccc(C(=O)N2CCc3c([nH]c4ccccc34)[C@H]2c2cccc(C)n2)s1. The molecule has 1 amide bonds. The number of hydrogen-bond donors (Lipinski definition) is 1. The topological polar surface area (TPSA) is 66.1 Å². The van der Waals surface area contributed by atoms with Crippen LogP contribution in [-0.4, -0.2) is 33.1 Å². The van der Waals surface area contributed by atoms with Crippen LogP contribution in [-0.2, 0) is 6.42 Å². The molecular formula is C24H21N3O2S. The third-order valence-corrected chi connectivity index (χ3v) is 6.82. The molecule has 0 saturated carbocycles. The average Bonchev–Trinajstić information content (AvgIpc) is 3.37. The number of hydrogen-bond acceptors (Lipinski definition) is 4. The fourth-order valence-corrected chi connectivity index (χ4v) is 5.12. The van der Waals surface area contributed by atoms with E-state index < -0.39 is 0 Å². The number of benzene rings is 1. The van der Waals surface area contributed by atoms with Gasteiger partial charge in [-0.3, -0.25) is 14.6 Å². The molecule has 1 N–H and O–H groups in total. The van der Waals surface area contributed by atoms with Crippen LogP contribution in [0.1, 0.15) is 55.0 Å². The number of pyridine rings is 1. The molecule has 150 valence electrons. The van der Waals surface area contributed by atoms with Gasteiger partial charge in [0.05, 0.1) is 15.4 Å². The summed E-state index contributed by atoms with van der Waals surface area (Å²) < 4.78 is 0. The van der Waals surface area contributed by atoms with Crippen LogP contribution in [0.15, 0.2) is 54.6 Å². The van der Waals surface area contributed by atoms with E-state index in [-0.39, 0.29) is 17.7 Å². The normalized spacial score (nSPS) is 15.9. The van der Waals surface area contributed by atoms with Crippen molar-refractivity contribution in [2.75, 3.05) is 6.54 Å². The molecule has 5 nitrogen and oxygen atoms in total. The van der Waals surface area contributed by atoms with Gasteiger partial charge < -0.3 is 9.88 Å². The molecule has 0 bridgehead atoms. The maximum atomic E-state index is 13.5. The van der Waals surface area contributed by atoms with E-state index in [2.05, 4.69) is 17.1 Å². The van der Waals surface area contributed by atoms with Crippen LogP contribution in [0, 0.1) is 6.92 Å². The third kappa shape index (κ3) is 3.04. The lowest BCUT2D eigenvalue weighted by Crippen LogP contribution is -2.40. The lowest BCUT2D eigenvalue weighted by atomic mass is 9.94. The number of aryl methyl sites for hydroxylation is 1. The van der Waals surface area contributed by atoms with Crippen molar-refractivity contribution in [3.05, 3.63) is 87.0 Å². The van der Waals surface area contributed by atoms with Crippen molar-refractivity contribution in [1.82, 2.24) is 14.9 Å². The summed E-state index contributed by atoms with van der Waals surface area (Å²) in [6.45, 7) is 4.08. The molecule has 0 fully saturated rings. The Labute approximate surface area is 178 Å². The monoisotopic (exact) mass is 415 g/mol. The van der Waals surface area contributed by atoms with E-state index in [4.69, 9.17) is 4.98 Å². The molecule has 3 aromatic heterocycles. The molecule has 1 atom stereocenters. The van der Waals surface area contributed by atoms with Crippen LogP contribution < -0.4 is 0 Å². The maximum absolute atomic E-state index is 13.5. The Morgan fingerprint density at radius 2 is 1.87 bits per heavy atom. The van der Waals surface area contributed by atoms with E-state index >= 15 is 0 Å². The number of fused-ring (bicyclic) bond motifs is 3. The highest BCUT2D eigenvalue weighted by atomic mass is 32.1. The van der Waals surface area contributed by atoms with E-state index in [1.54, 1.807) is 12.1 Å². The van der Waals surface area contributed by atoms with Gasteiger partial charge in [-0.25, -0.2) is 0 Å². The van der Waals surface area contributed by atoms with Gasteiger partial charge in [-0.1, -0.05) is 24.3 Å². The molecule has 1 aliphatic rings. The molecule has 0 spiro atoms. The number of thiophene rings is 1. The highest BCUT2D eigenvalue weighted by Gasteiger charge is 2.36. The molecule has 5 rings (SSSR count). The van der Waals surface area contributed by atoms with E-state index in [1.807, 2.05) is 42.2 Å². The van der Waals surface area contributed by atoms with E-state index in [1.165, 1.54) is 29.2 Å². The number of carbonyl (C=O) groups excluding carboxylic acids is 2. The van der Waals surface area contributed by atoms with Gasteiger partial charge in [0.1, 0.15) is 6.04 Å². The van der Waals surface area contributed by atoms with Crippen LogP contribution in [0.25, 0.3) is 10.9 Å². The predicted molar refractivity (Wildman–Crippen MR) is 118 cm³/mol. The first-order valence-corrected chi connectivity index (χ1v) is 10.8. The zero-order valence-corrected chi connectivity index (χ0v) is 17.6. The number of amides is 1. The van der Waals surface area contributed by atoms with Crippen molar-refractivity contribution < 1.29 is 9.59 Å². The summed E-state index contributed by atoms with van der Waals surface area (Å²) in [5, 5.41) is 1.20. The molecule has 0 radical (unpaired) electrons. The molecule has 30 heavy (non-hydrogen) atoms. The Morgan fingerprint density at radius 1 is 1.07 bits per heavy atom. The number of nitrogens with zero attached hydrogens (tertiary/aromatic N) is 2. The summed E-state index contributed by atoms with van der Waals surface area (Å²) in [5.74, 6) is -0.0855. The second kappa shape index (κ2) is 7.22. The molecule has 1 aromatic carbocycles. The van der Waals surface area contributed by atoms with Crippen LogP contribution in [0.2, 0.25) is 0 Å². The number of nitrogens with one attached hydrogen (secondary N) is 1. The minimum Gasteiger partial charge on any atom is -0.356 e. The highest BCUT2D eigenvalue weighted by molar-refractivity contribution is 7.15. The van der Waals surface area contributed by atoms with Crippen molar-refractivity contribution in [3.8, 4) is 0 Å². The summed E-state index contributed by atoms with van der Waals surface area (Å²) in [7, 11) is 0. The molecular weight excluding hydrogens is 394 g/mol. The second-order valence-electron chi connectivity index (χ2n) is 7.64. The van der Waals surface area contributed by atoms with E-state index in [0.29, 0.717) is 16.3 Å². The van der Waals surface area contributed by atoms with Crippen LogP contribution in [0.5, 0.6) is 0 Å². The summed E-state index contributed by atoms with van der Waals surface area (Å²) in [4.78, 5) is 36.6. The molecule has 4 aromatic rings. The zero-order valence-electron chi connectivity index (χ0n) is 16.8. The van der Waals surface area contributed by atoms with Gasteiger partial charge in [0.15, 0.2) is 5.78 Å². The van der Waals surface area contributed by atoms with Crippen molar-refractivity contribution in [1.29, 1.82) is 0 Å². The Kier molecular flexibility index (Phi) is 4.51. The van der Waals surface area contributed by atoms with Crippen molar-refractivity contribution in [2.24, 2.45) is 0 Å². The van der Waals surface area contributed by atoms with Gasteiger partial charge in [-0.15, -0.1) is 11.3 Å². The Bertz CT molecular complexity index is 1290. The van der Waals surface area contributed by atoms with E-state index in [0.717, 1.165) is 29.0 Å². The number of H-pyrrole nitrogens is 1. The largest absolute Gasteiger partial charge is 0.356 e. The quantitative estimate of drug-likeness (QED) is 0.483. The first kappa shape index (κ1) is 18.8. The smallest absolute Gasteiger partial charge is 0.264 e. The van der Waals surface area contributed by atoms with Crippen LogP contribution in [0.4, 0.5) is 0 Å². The Morgan fingerprint density at radius 3 is 2.63 bits per heavy atom. The number of carbonyl (C=O) groups is 2. The first-order chi connectivity index (χ1) is 14.5. The molecule has 4 heterocycles. The van der Waals surface area contributed by atoms with E-state index in [9.17, 15) is 9.59 Å². The highest BCUT2D eigenvalue weighted by Crippen LogP contribution is 2.39. The fourth-order valence-electron chi connectivity index (χ4n) is 4.27. The average molecular weight is 416 g/mol. The number of Topliss-reactive ketones (excluding diaryl/α,β-unsaturated/α-hetero) is 1. The molecule has 6 heteroatoms. The summed E-state index contributed by atoms with van der Waals surface area (Å²) in [6, 6.07) is 17.4. The minimum absolute atomic E-state index is 0.0208. The maximum Gasteiger partial charge on any atom is 0.264 e. The molecule has 0 unspecified atom stereocenters. The summed E-state index contributed by atoms with van der Waals surface area (Å²) >= 11 is 1.26. The Hall–Kier alpha value is -3.25. The molecule has 0 aliphatic carbocycles. The molecule has 1 aliphatic heterocycles. The summed E-state index contributed by atoms with van der Waals surface area (Å²) in [6.07, 6.45) is 0.776. The zero-order chi connectivity index (χ0) is 20.8. The molecule has 0 saturated heterocycles. The minimum atomic E-state index is -0.295. The fraction of sp³-hybridized carbons (Fsp3) is 0.208. The van der Waals surface area contributed by atoms with Crippen LogP contribution >= 0.6 is 11.3 Å². The lowest BCUT2D eigenvalue weighted by molar-refractivity contribution is 0.0693. The van der Waals surface area contributed by atoms with Crippen molar-refractivity contribution >= 4 is 33.9 Å². The predicted octanol–water partition coefficient (Wildman–Crippen LogP) is 4.92.